The SMILES string of the molecule is CC(C)c1nc(-c2cnn(C(C)C)c2)[nH]c(=O)c1Br. The maximum atomic E-state index is 11.9. The van der Waals surface area contributed by atoms with Gasteiger partial charge in [-0.3, -0.25) is 9.48 Å². The van der Waals surface area contributed by atoms with Gasteiger partial charge in [-0.25, -0.2) is 4.98 Å². The van der Waals surface area contributed by atoms with Gasteiger partial charge in [0.15, 0.2) is 0 Å². The molecule has 0 spiro atoms. The minimum absolute atomic E-state index is 0.161. The van der Waals surface area contributed by atoms with E-state index in [9.17, 15) is 4.79 Å². The molecule has 0 atom stereocenters. The van der Waals surface area contributed by atoms with Crippen molar-refractivity contribution in [1.82, 2.24) is 19.7 Å². The van der Waals surface area contributed by atoms with Crippen molar-refractivity contribution in [3.8, 4) is 11.4 Å². The van der Waals surface area contributed by atoms with Crippen molar-refractivity contribution < 1.29 is 0 Å². The molecule has 0 saturated heterocycles. The molecule has 0 aliphatic rings. The third-order valence-corrected chi connectivity index (χ3v) is 3.61. The molecular weight excluding hydrogens is 308 g/mol. The van der Waals surface area contributed by atoms with Gasteiger partial charge in [-0.1, -0.05) is 13.8 Å². The van der Waals surface area contributed by atoms with E-state index >= 15 is 0 Å². The molecule has 2 aromatic rings. The molecule has 102 valence electrons. The minimum Gasteiger partial charge on any atom is -0.305 e. The Morgan fingerprint density at radius 3 is 2.53 bits per heavy atom. The average Bonchev–Trinajstić information content (AvgIpc) is 2.81. The normalized spacial score (nSPS) is 11.5. The van der Waals surface area contributed by atoms with Crippen LogP contribution in [0.3, 0.4) is 0 Å². The Labute approximate surface area is 120 Å². The van der Waals surface area contributed by atoms with Crippen LogP contribution in [0.5, 0.6) is 0 Å². The van der Waals surface area contributed by atoms with Gasteiger partial charge in [0.05, 0.1) is 17.5 Å². The van der Waals surface area contributed by atoms with Gasteiger partial charge in [0.25, 0.3) is 5.56 Å². The highest BCUT2D eigenvalue weighted by Gasteiger charge is 2.14. The third-order valence-electron chi connectivity index (χ3n) is 2.84. The molecule has 2 heterocycles. The van der Waals surface area contributed by atoms with Crippen molar-refractivity contribution in [2.75, 3.05) is 0 Å². The summed E-state index contributed by atoms with van der Waals surface area (Å²) in [5.74, 6) is 0.736. The van der Waals surface area contributed by atoms with E-state index in [0.29, 0.717) is 10.3 Å². The Morgan fingerprint density at radius 1 is 1.32 bits per heavy atom. The number of hydrogen-bond acceptors (Lipinski definition) is 3. The van der Waals surface area contributed by atoms with Crippen molar-refractivity contribution in [3.63, 3.8) is 0 Å². The molecule has 0 fully saturated rings. The van der Waals surface area contributed by atoms with Crippen LogP contribution >= 0.6 is 15.9 Å². The van der Waals surface area contributed by atoms with Crippen molar-refractivity contribution in [3.05, 3.63) is 32.9 Å². The molecule has 2 rings (SSSR count). The highest BCUT2D eigenvalue weighted by atomic mass is 79.9. The summed E-state index contributed by atoms with van der Waals surface area (Å²) in [7, 11) is 0. The van der Waals surface area contributed by atoms with Crippen molar-refractivity contribution in [2.45, 2.75) is 39.7 Å². The van der Waals surface area contributed by atoms with Crippen LogP contribution in [-0.2, 0) is 0 Å². The second-order valence-electron chi connectivity index (χ2n) is 5.07. The number of H-pyrrole nitrogens is 1. The van der Waals surface area contributed by atoms with E-state index < -0.39 is 0 Å². The van der Waals surface area contributed by atoms with Gasteiger partial charge in [-0.2, -0.15) is 5.10 Å². The minimum atomic E-state index is -0.161. The predicted molar refractivity (Wildman–Crippen MR) is 78.3 cm³/mol. The fraction of sp³-hybridized carbons (Fsp3) is 0.462. The zero-order valence-electron chi connectivity index (χ0n) is 11.4. The van der Waals surface area contributed by atoms with E-state index in [4.69, 9.17) is 0 Å². The molecule has 5 nitrogen and oxygen atoms in total. The number of halogens is 1. The van der Waals surface area contributed by atoms with Gasteiger partial charge < -0.3 is 4.98 Å². The number of nitrogens with one attached hydrogen (secondary N) is 1. The maximum absolute atomic E-state index is 11.9. The van der Waals surface area contributed by atoms with Crippen molar-refractivity contribution in [1.29, 1.82) is 0 Å². The van der Waals surface area contributed by atoms with Crippen molar-refractivity contribution >= 4 is 15.9 Å². The number of nitrogens with zero attached hydrogens (tertiary/aromatic N) is 3. The lowest BCUT2D eigenvalue weighted by molar-refractivity contribution is 0.532. The second-order valence-corrected chi connectivity index (χ2v) is 5.86. The first kappa shape index (κ1) is 14.0. The van der Waals surface area contributed by atoms with Gasteiger partial charge >= 0.3 is 0 Å². The zero-order valence-corrected chi connectivity index (χ0v) is 13.0. The van der Waals surface area contributed by atoms with Crippen LogP contribution in [0.2, 0.25) is 0 Å². The van der Waals surface area contributed by atoms with E-state index in [1.165, 1.54) is 0 Å². The lowest BCUT2D eigenvalue weighted by Gasteiger charge is -2.08. The Bertz CT molecular complexity index is 642. The Balaban J connectivity index is 2.53. The molecule has 0 aliphatic carbocycles. The first-order chi connectivity index (χ1) is 8.90. The van der Waals surface area contributed by atoms with Crippen LogP contribution in [0.1, 0.15) is 45.3 Å². The van der Waals surface area contributed by atoms with Crippen LogP contribution in [0.15, 0.2) is 21.7 Å². The predicted octanol–water partition coefficient (Wildman–Crippen LogP) is 3.10. The van der Waals surface area contributed by atoms with Crippen LogP contribution in [0.25, 0.3) is 11.4 Å². The second kappa shape index (κ2) is 5.28. The average molecular weight is 325 g/mol. The smallest absolute Gasteiger partial charge is 0.265 e. The summed E-state index contributed by atoms with van der Waals surface area (Å²) < 4.78 is 2.34. The summed E-state index contributed by atoms with van der Waals surface area (Å²) in [5, 5.41) is 4.26. The van der Waals surface area contributed by atoms with E-state index in [0.717, 1.165) is 11.3 Å². The van der Waals surface area contributed by atoms with E-state index in [2.05, 4.69) is 31.0 Å². The molecule has 2 aromatic heterocycles. The molecule has 0 aliphatic heterocycles. The van der Waals surface area contributed by atoms with Crippen LogP contribution in [0, 0.1) is 0 Å². The molecule has 0 amide bonds. The van der Waals surface area contributed by atoms with Crippen LogP contribution < -0.4 is 5.56 Å². The summed E-state index contributed by atoms with van der Waals surface area (Å²) in [4.78, 5) is 19.2. The highest BCUT2D eigenvalue weighted by molar-refractivity contribution is 9.10. The van der Waals surface area contributed by atoms with E-state index in [1.807, 2.05) is 38.6 Å². The molecule has 1 N–H and O–H groups in total. The quantitative estimate of drug-likeness (QED) is 0.943. The first-order valence-electron chi connectivity index (χ1n) is 6.24. The summed E-state index contributed by atoms with van der Waals surface area (Å²) in [6, 6.07) is 0.278. The number of hydrogen-bond donors (Lipinski definition) is 1. The molecule has 0 saturated carbocycles. The Hall–Kier alpha value is -1.43. The molecule has 6 heteroatoms. The fourth-order valence-electron chi connectivity index (χ4n) is 1.74. The molecule has 0 aromatic carbocycles. The number of rotatable bonds is 3. The lowest BCUT2D eigenvalue weighted by Crippen LogP contribution is -2.14. The summed E-state index contributed by atoms with van der Waals surface area (Å²) in [6.45, 7) is 8.11. The molecule has 0 radical (unpaired) electrons. The van der Waals surface area contributed by atoms with E-state index in [1.54, 1.807) is 6.20 Å². The van der Waals surface area contributed by atoms with Gasteiger partial charge in [0.1, 0.15) is 10.3 Å². The number of aromatic nitrogens is 4. The van der Waals surface area contributed by atoms with E-state index in [-0.39, 0.29) is 17.5 Å². The maximum Gasteiger partial charge on any atom is 0.265 e. The van der Waals surface area contributed by atoms with Gasteiger partial charge in [0, 0.05) is 12.2 Å². The molecule has 0 bridgehead atoms. The monoisotopic (exact) mass is 324 g/mol. The molecular formula is C13H17BrN4O. The molecule has 19 heavy (non-hydrogen) atoms. The summed E-state index contributed by atoms with van der Waals surface area (Å²) in [6.07, 6.45) is 3.61. The summed E-state index contributed by atoms with van der Waals surface area (Å²) >= 11 is 3.29. The Morgan fingerprint density at radius 2 is 2.00 bits per heavy atom. The Kier molecular flexibility index (Phi) is 3.89. The topological polar surface area (TPSA) is 63.6 Å². The zero-order chi connectivity index (χ0) is 14.2. The highest BCUT2D eigenvalue weighted by Crippen LogP contribution is 2.22. The third kappa shape index (κ3) is 2.78. The van der Waals surface area contributed by atoms with Crippen molar-refractivity contribution in [2.24, 2.45) is 0 Å². The first-order valence-corrected chi connectivity index (χ1v) is 7.03. The lowest BCUT2D eigenvalue weighted by atomic mass is 10.1. The van der Waals surface area contributed by atoms with Crippen LogP contribution in [0.4, 0.5) is 0 Å². The van der Waals surface area contributed by atoms with Gasteiger partial charge in [-0.15, -0.1) is 0 Å². The van der Waals surface area contributed by atoms with Crippen LogP contribution in [-0.4, -0.2) is 19.7 Å². The van der Waals surface area contributed by atoms with Gasteiger partial charge in [0.2, 0.25) is 0 Å². The number of aromatic amines is 1. The fourth-order valence-corrected chi connectivity index (χ4v) is 2.38. The standard InChI is InChI=1S/C13H17BrN4O/c1-7(2)11-10(14)13(19)17-12(16-11)9-5-15-18(6-9)8(3)4/h5-8H,1-4H3,(H,16,17,19). The molecule has 0 unspecified atom stereocenters. The summed E-state index contributed by atoms with van der Waals surface area (Å²) in [5.41, 5.74) is 1.42. The van der Waals surface area contributed by atoms with Gasteiger partial charge in [-0.05, 0) is 35.7 Å². The largest absolute Gasteiger partial charge is 0.305 e.